The molecule has 1 aliphatic rings. The molecule has 0 atom stereocenters. The highest BCUT2D eigenvalue weighted by molar-refractivity contribution is 7.89. The van der Waals surface area contributed by atoms with Crippen LogP contribution in [0.15, 0.2) is 23.1 Å². The van der Waals surface area contributed by atoms with Crippen molar-refractivity contribution in [1.82, 2.24) is 9.78 Å². The first-order valence-corrected chi connectivity index (χ1v) is 9.42. The summed E-state index contributed by atoms with van der Waals surface area (Å²) in [5.74, 6) is -0.137. The summed E-state index contributed by atoms with van der Waals surface area (Å²) in [5.41, 5.74) is 4.14. The minimum atomic E-state index is -3.72. The van der Waals surface area contributed by atoms with Crippen LogP contribution in [0.4, 0.5) is 11.4 Å². The summed E-state index contributed by atoms with van der Waals surface area (Å²) in [6, 6.07) is 4.76. The van der Waals surface area contributed by atoms with Gasteiger partial charge in [-0.1, -0.05) is 0 Å². The van der Waals surface area contributed by atoms with E-state index in [0.29, 0.717) is 13.0 Å². The Kier molecular flexibility index (Phi) is 4.29. The minimum Gasteiger partial charge on any atom is -0.362 e. The summed E-state index contributed by atoms with van der Waals surface area (Å²) < 4.78 is 24.6. The fourth-order valence-corrected chi connectivity index (χ4v) is 3.66. The molecule has 9 heteroatoms. The van der Waals surface area contributed by atoms with Crippen molar-refractivity contribution in [2.75, 3.05) is 23.3 Å². The van der Waals surface area contributed by atoms with Gasteiger partial charge in [0.1, 0.15) is 0 Å². The third kappa shape index (κ3) is 3.38. The molecule has 0 aliphatic carbocycles. The van der Waals surface area contributed by atoms with Crippen molar-refractivity contribution in [2.24, 2.45) is 12.2 Å². The molecule has 3 N–H and O–H groups in total. The number of fused-ring (bicyclic) bond motifs is 1. The molecule has 0 unspecified atom stereocenters. The number of benzene rings is 1. The van der Waals surface area contributed by atoms with Crippen LogP contribution in [-0.4, -0.2) is 37.2 Å². The van der Waals surface area contributed by atoms with Crippen molar-refractivity contribution in [3.8, 4) is 0 Å². The van der Waals surface area contributed by atoms with Gasteiger partial charge in [0.2, 0.25) is 15.9 Å². The quantitative estimate of drug-likeness (QED) is 0.830. The minimum absolute atomic E-state index is 0.0964. The molecule has 2 aromatic rings. The summed E-state index contributed by atoms with van der Waals surface area (Å²) in [5, 5.41) is 12.4. The zero-order valence-corrected chi connectivity index (χ0v) is 15.2. The zero-order valence-electron chi connectivity index (χ0n) is 14.4. The van der Waals surface area contributed by atoms with Crippen LogP contribution in [-0.2, 0) is 28.3 Å². The van der Waals surface area contributed by atoms with Crippen molar-refractivity contribution in [3.63, 3.8) is 0 Å². The number of hydrogen-bond donors (Lipinski definition) is 2. The van der Waals surface area contributed by atoms with Crippen molar-refractivity contribution in [1.29, 1.82) is 0 Å². The highest BCUT2D eigenvalue weighted by Gasteiger charge is 2.23. The normalized spacial score (nSPS) is 13.8. The lowest BCUT2D eigenvalue weighted by Crippen LogP contribution is -2.32. The molecule has 134 valence electrons. The van der Waals surface area contributed by atoms with Crippen LogP contribution in [0.3, 0.4) is 0 Å². The van der Waals surface area contributed by atoms with Crippen molar-refractivity contribution >= 4 is 27.3 Å². The highest BCUT2D eigenvalue weighted by atomic mass is 32.2. The predicted molar refractivity (Wildman–Crippen MR) is 95.0 cm³/mol. The van der Waals surface area contributed by atoms with Gasteiger partial charge in [0.05, 0.1) is 28.5 Å². The first-order chi connectivity index (χ1) is 11.7. The maximum atomic E-state index is 12.4. The number of anilines is 2. The Hall–Kier alpha value is -2.39. The number of carbonyl (C=O) groups excluding carboxylic acids is 1. The SMILES string of the molecule is Cc1nn(C)c(C)c1NC(=O)CN1CCc2cc(S(N)(=O)=O)ccc21. The van der Waals surface area contributed by atoms with Gasteiger partial charge in [0.25, 0.3) is 0 Å². The predicted octanol–water partition coefficient (Wildman–Crippen LogP) is 0.686. The Morgan fingerprint density at radius 1 is 1.36 bits per heavy atom. The Labute approximate surface area is 146 Å². The van der Waals surface area contributed by atoms with E-state index in [2.05, 4.69) is 10.4 Å². The second kappa shape index (κ2) is 6.16. The molecular formula is C16H21N5O3S. The summed E-state index contributed by atoms with van der Waals surface area (Å²) in [6.07, 6.45) is 0.678. The van der Waals surface area contributed by atoms with Gasteiger partial charge in [-0.15, -0.1) is 0 Å². The topological polar surface area (TPSA) is 110 Å². The number of amides is 1. The Bertz CT molecular complexity index is 949. The van der Waals surface area contributed by atoms with Gasteiger partial charge in [-0.2, -0.15) is 5.10 Å². The summed E-state index contributed by atoms with van der Waals surface area (Å²) in [4.78, 5) is 14.4. The lowest BCUT2D eigenvalue weighted by atomic mass is 10.2. The van der Waals surface area contributed by atoms with E-state index in [1.54, 1.807) is 16.8 Å². The fourth-order valence-electron chi connectivity index (χ4n) is 3.09. The summed E-state index contributed by atoms with van der Waals surface area (Å²) >= 11 is 0. The van der Waals surface area contributed by atoms with Crippen molar-refractivity contribution < 1.29 is 13.2 Å². The zero-order chi connectivity index (χ0) is 18.4. The van der Waals surface area contributed by atoms with E-state index in [-0.39, 0.29) is 17.3 Å². The van der Waals surface area contributed by atoms with E-state index >= 15 is 0 Å². The molecule has 2 heterocycles. The molecule has 25 heavy (non-hydrogen) atoms. The Morgan fingerprint density at radius 2 is 2.08 bits per heavy atom. The van der Waals surface area contributed by atoms with Crippen LogP contribution in [0.5, 0.6) is 0 Å². The number of aromatic nitrogens is 2. The number of hydrogen-bond acceptors (Lipinski definition) is 5. The first-order valence-electron chi connectivity index (χ1n) is 7.87. The number of nitrogens with two attached hydrogens (primary N) is 1. The smallest absolute Gasteiger partial charge is 0.243 e. The second-order valence-electron chi connectivity index (χ2n) is 6.22. The molecule has 0 spiro atoms. The maximum Gasteiger partial charge on any atom is 0.243 e. The molecule has 1 aromatic heterocycles. The molecule has 8 nitrogen and oxygen atoms in total. The third-order valence-electron chi connectivity index (χ3n) is 4.48. The molecule has 1 aliphatic heterocycles. The van der Waals surface area contributed by atoms with E-state index in [4.69, 9.17) is 5.14 Å². The van der Waals surface area contributed by atoms with Crippen LogP contribution in [0.25, 0.3) is 0 Å². The molecule has 0 saturated heterocycles. The van der Waals surface area contributed by atoms with E-state index in [9.17, 15) is 13.2 Å². The molecule has 0 bridgehead atoms. The van der Waals surface area contributed by atoms with Crippen LogP contribution in [0, 0.1) is 13.8 Å². The number of rotatable bonds is 4. The van der Waals surface area contributed by atoms with Crippen LogP contribution >= 0.6 is 0 Å². The third-order valence-corrected chi connectivity index (χ3v) is 5.39. The largest absolute Gasteiger partial charge is 0.362 e. The van der Waals surface area contributed by atoms with Crippen molar-refractivity contribution in [3.05, 3.63) is 35.2 Å². The molecule has 0 radical (unpaired) electrons. The fraction of sp³-hybridized carbons (Fsp3) is 0.375. The number of nitrogens with one attached hydrogen (secondary N) is 1. The van der Waals surface area contributed by atoms with Gasteiger partial charge in [-0.05, 0) is 44.0 Å². The van der Waals surface area contributed by atoms with Gasteiger partial charge in [-0.25, -0.2) is 13.6 Å². The maximum absolute atomic E-state index is 12.4. The number of carbonyl (C=O) groups is 1. The average molecular weight is 363 g/mol. The summed E-state index contributed by atoms with van der Waals surface area (Å²) in [6.45, 7) is 4.59. The number of primary sulfonamides is 1. The number of aryl methyl sites for hydroxylation is 2. The van der Waals surface area contributed by atoms with Crippen LogP contribution in [0.1, 0.15) is 17.0 Å². The van der Waals surface area contributed by atoms with Gasteiger partial charge < -0.3 is 10.2 Å². The molecule has 1 aromatic carbocycles. The Balaban J connectivity index is 1.75. The van der Waals surface area contributed by atoms with Gasteiger partial charge in [0, 0.05) is 19.3 Å². The molecule has 1 amide bonds. The van der Waals surface area contributed by atoms with E-state index in [1.165, 1.54) is 6.07 Å². The highest BCUT2D eigenvalue weighted by Crippen LogP contribution is 2.30. The van der Waals surface area contributed by atoms with Gasteiger partial charge >= 0.3 is 0 Å². The van der Waals surface area contributed by atoms with Gasteiger partial charge in [0.15, 0.2) is 0 Å². The Morgan fingerprint density at radius 3 is 2.68 bits per heavy atom. The van der Waals surface area contributed by atoms with E-state index < -0.39 is 10.0 Å². The van der Waals surface area contributed by atoms with Crippen LogP contribution < -0.4 is 15.4 Å². The standard InChI is InChI=1S/C16H21N5O3S/c1-10-16(11(2)20(3)19-10)18-15(22)9-21-7-6-12-8-13(25(17,23)24)4-5-14(12)21/h4-5,8H,6-7,9H2,1-3H3,(H,18,22)(H2,17,23,24). The molecular weight excluding hydrogens is 342 g/mol. The van der Waals surface area contributed by atoms with E-state index in [1.807, 2.05) is 25.8 Å². The lowest BCUT2D eigenvalue weighted by molar-refractivity contribution is -0.115. The first kappa shape index (κ1) is 17.4. The monoisotopic (exact) mass is 363 g/mol. The number of nitrogens with zero attached hydrogens (tertiary/aromatic N) is 3. The average Bonchev–Trinajstić information content (AvgIpc) is 3.02. The number of sulfonamides is 1. The van der Waals surface area contributed by atoms with Crippen LogP contribution in [0.2, 0.25) is 0 Å². The molecule has 0 saturated carbocycles. The van der Waals surface area contributed by atoms with Gasteiger partial charge in [-0.3, -0.25) is 9.48 Å². The second-order valence-corrected chi connectivity index (χ2v) is 7.79. The van der Waals surface area contributed by atoms with E-state index in [0.717, 1.165) is 28.3 Å². The lowest BCUT2D eigenvalue weighted by Gasteiger charge is -2.19. The summed E-state index contributed by atoms with van der Waals surface area (Å²) in [7, 11) is -1.89. The molecule has 3 rings (SSSR count). The molecule has 0 fully saturated rings. The van der Waals surface area contributed by atoms with Crippen molar-refractivity contribution in [2.45, 2.75) is 25.2 Å².